The SMILES string of the molecule is Cc1ccnc2nc(-c3nc(C4(N)CCC4)no3)nn12.Cl. The van der Waals surface area contributed by atoms with Gasteiger partial charge in [-0.2, -0.15) is 9.97 Å². The van der Waals surface area contributed by atoms with Crippen molar-refractivity contribution in [3.05, 3.63) is 23.8 Å². The lowest BCUT2D eigenvalue weighted by atomic mass is 9.77. The lowest BCUT2D eigenvalue weighted by molar-refractivity contribution is 0.229. The van der Waals surface area contributed by atoms with Crippen LogP contribution in [-0.4, -0.2) is 29.7 Å². The lowest BCUT2D eigenvalue weighted by Crippen LogP contribution is -2.44. The van der Waals surface area contributed by atoms with E-state index in [2.05, 4.69) is 25.2 Å². The topological polar surface area (TPSA) is 108 Å². The van der Waals surface area contributed by atoms with Crippen LogP contribution < -0.4 is 5.73 Å². The number of nitrogens with zero attached hydrogens (tertiary/aromatic N) is 6. The van der Waals surface area contributed by atoms with Gasteiger partial charge >= 0.3 is 0 Å². The third-order valence-corrected chi connectivity index (χ3v) is 3.74. The third-order valence-electron chi connectivity index (χ3n) is 3.74. The van der Waals surface area contributed by atoms with Crippen LogP contribution in [-0.2, 0) is 5.54 Å². The van der Waals surface area contributed by atoms with Gasteiger partial charge in [-0.15, -0.1) is 17.5 Å². The molecule has 8 nitrogen and oxygen atoms in total. The minimum atomic E-state index is -0.449. The van der Waals surface area contributed by atoms with E-state index in [0.717, 1.165) is 25.0 Å². The van der Waals surface area contributed by atoms with Crippen molar-refractivity contribution >= 4 is 18.2 Å². The molecule has 1 saturated carbocycles. The fraction of sp³-hybridized carbons (Fsp3) is 0.417. The van der Waals surface area contributed by atoms with E-state index in [9.17, 15) is 0 Å². The normalized spacial score (nSPS) is 16.5. The summed E-state index contributed by atoms with van der Waals surface area (Å²) in [5.74, 6) is 1.68. The van der Waals surface area contributed by atoms with Crippen molar-refractivity contribution in [3.63, 3.8) is 0 Å². The minimum Gasteiger partial charge on any atom is -0.330 e. The number of nitrogens with two attached hydrogens (primary N) is 1. The van der Waals surface area contributed by atoms with E-state index in [1.54, 1.807) is 10.7 Å². The first-order valence-corrected chi connectivity index (χ1v) is 6.48. The summed E-state index contributed by atoms with van der Waals surface area (Å²) in [4.78, 5) is 12.8. The molecule has 110 valence electrons. The highest BCUT2D eigenvalue weighted by Crippen LogP contribution is 2.37. The molecule has 21 heavy (non-hydrogen) atoms. The van der Waals surface area contributed by atoms with Gasteiger partial charge in [-0.25, -0.2) is 9.50 Å². The van der Waals surface area contributed by atoms with Gasteiger partial charge in [0.2, 0.25) is 5.82 Å². The number of rotatable bonds is 2. The molecule has 3 aromatic heterocycles. The highest BCUT2D eigenvalue weighted by atomic mass is 35.5. The molecule has 0 unspecified atom stereocenters. The van der Waals surface area contributed by atoms with Gasteiger partial charge in [-0.1, -0.05) is 5.16 Å². The average Bonchev–Trinajstić information content (AvgIpc) is 3.02. The average molecular weight is 308 g/mol. The fourth-order valence-electron chi connectivity index (χ4n) is 2.29. The Hall–Kier alpha value is -2.06. The smallest absolute Gasteiger partial charge is 0.297 e. The van der Waals surface area contributed by atoms with E-state index < -0.39 is 5.54 Å². The molecule has 0 saturated heterocycles. The van der Waals surface area contributed by atoms with Gasteiger partial charge in [-0.05, 0) is 32.3 Å². The van der Waals surface area contributed by atoms with Gasteiger partial charge in [0, 0.05) is 11.9 Å². The van der Waals surface area contributed by atoms with Gasteiger partial charge in [0.1, 0.15) is 0 Å². The first kappa shape index (κ1) is 13.9. The van der Waals surface area contributed by atoms with E-state index in [0.29, 0.717) is 17.4 Å². The van der Waals surface area contributed by atoms with Gasteiger partial charge in [0.15, 0.2) is 5.82 Å². The second-order valence-corrected chi connectivity index (χ2v) is 5.17. The molecule has 0 amide bonds. The predicted molar refractivity (Wildman–Crippen MR) is 75.8 cm³/mol. The molecule has 1 aliphatic carbocycles. The van der Waals surface area contributed by atoms with Crippen LogP contribution in [0.25, 0.3) is 17.5 Å². The molecular formula is C12H14ClN7O. The Labute approximate surface area is 126 Å². The van der Waals surface area contributed by atoms with Crippen molar-refractivity contribution in [1.82, 2.24) is 29.7 Å². The number of aromatic nitrogens is 6. The Kier molecular flexibility index (Phi) is 3.14. The zero-order valence-corrected chi connectivity index (χ0v) is 12.2. The van der Waals surface area contributed by atoms with Crippen LogP contribution in [0.4, 0.5) is 0 Å². The van der Waals surface area contributed by atoms with Crippen LogP contribution in [0.1, 0.15) is 30.8 Å². The van der Waals surface area contributed by atoms with E-state index >= 15 is 0 Å². The zero-order valence-electron chi connectivity index (χ0n) is 11.4. The molecular weight excluding hydrogens is 294 g/mol. The number of halogens is 1. The summed E-state index contributed by atoms with van der Waals surface area (Å²) in [5.41, 5.74) is 6.66. The van der Waals surface area contributed by atoms with E-state index in [4.69, 9.17) is 10.3 Å². The van der Waals surface area contributed by atoms with Crippen molar-refractivity contribution in [3.8, 4) is 11.7 Å². The van der Waals surface area contributed by atoms with Crippen molar-refractivity contribution in [2.45, 2.75) is 31.7 Å². The summed E-state index contributed by atoms with van der Waals surface area (Å²) < 4.78 is 6.87. The molecule has 2 N–H and O–H groups in total. The largest absolute Gasteiger partial charge is 0.330 e. The molecule has 9 heteroatoms. The summed E-state index contributed by atoms with van der Waals surface area (Å²) in [5, 5.41) is 8.29. The molecule has 0 spiro atoms. The second-order valence-electron chi connectivity index (χ2n) is 5.17. The van der Waals surface area contributed by atoms with Crippen LogP contribution in [0, 0.1) is 6.92 Å². The number of hydrogen-bond donors (Lipinski definition) is 1. The van der Waals surface area contributed by atoms with Gasteiger partial charge in [0.05, 0.1) is 5.54 Å². The van der Waals surface area contributed by atoms with Crippen LogP contribution in [0.3, 0.4) is 0 Å². The molecule has 0 radical (unpaired) electrons. The highest BCUT2D eigenvalue weighted by Gasteiger charge is 2.39. The molecule has 0 aliphatic heterocycles. The van der Waals surface area contributed by atoms with Crippen molar-refractivity contribution in [2.24, 2.45) is 5.73 Å². The minimum absolute atomic E-state index is 0. The second kappa shape index (κ2) is 4.74. The Bertz CT molecular complexity index is 792. The van der Waals surface area contributed by atoms with Crippen LogP contribution in [0.15, 0.2) is 16.8 Å². The number of hydrogen-bond acceptors (Lipinski definition) is 7. The third kappa shape index (κ3) is 2.07. The quantitative estimate of drug-likeness (QED) is 0.758. The van der Waals surface area contributed by atoms with Gasteiger partial charge in [0.25, 0.3) is 11.7 Å². The van der Waals surface area contributed by atoms with Gasteiger partial charge < -0.3 is 10.3 Å². The van der Waals surface area contributed by atoms with Crippen LogP contribution in [0.5, 0.6) is 0 Å². The van der Waals surface area contributed by atoms with E-state index in [1.165, 1.54) is 0 Å². The maximum absolute atomic E-state index is 6.17. The van der Waals surface area contributed by atoms with E-state index in [-0.39, 0.29) is 18.3 Å². The first-order valence-electron chi connectivity index (χ1n) is 6.48. The molecule has 0 bridgehead atoms. The first-order chi connectivity index (χ1) is 9.66. The van der Waals surface area contributed by atoms with Crippen molar-refractivity contribution < 1.29 is 4.52 Å². The van der Waals surface area contributed by atoms with Crippen molar-refractivity contribution in [2.75, 3.05) is 0 Å². The summed E-state index contributed by atoms with van der Waals surface area (Å²) >= 11 is 0. The monoisotopic (exact) mass is 307 g/mol. The van der Waals surface area contributed by atoms with E-state index in [1.807, 2.05) is 13.0 Å². The molecule has 3 aromatic rings. The fourth-order valence-corrected chi connectivity index (χ4v) is 2.29. The zero-order chi connectivity index (χ0) is 13.7. The maximum atomic E-state index is 6.17. The molecule has 1 fully saturated rings. The van der Waals surface area contributed by atoms with Gasteiger partial charge in [-0.3, -0.25) is 0 Å². The molecule has 3 heterocycles. The summed E-state index contributed by atoms with van der Waals surface area (Å²) in [7, 11) is 0. The van der Waals surface area contributed by atoms with Crippen LogP contribution >= 0.6 is 12.4 Å². The Balaban J connectivity index is 0.00000132. The number of aryl methyl sites for hydroxylation is 1. The molecule has 4 rings (SSSR count). The summed E-state index contributed by atoms with van der Waals surface area (Å²) in [6, 6.07) is 1.86. The maximum Gasteiger partial charge on any atom is 0.297 e. The highest BCUT2D eigenvalue weighted by molar-refractivity contribution is 5.85. The Morgan fingerprint density at radius 1 is 1.33 bits per heavy atom. The predicted octanol–water partition coefficient (Wildman–Crippen LogP) is 1.24. The molecule has 1 aliphatic rings. The molecule has 0 atom stereocenters. The number of fused-ring (bicyclic) bond motifs is 1. The lowest BCUT2D eigenvalue weighted by Gasteiger charge is -2.34. The summed E-state index contributed by atoms with van der Waals surface area (Å²) in [6.45, 7) is 1.93. The Morgan fingerprint density at radius 3 is 2.81 bits per heavy atom. The standard InChI is InChI=1S/C12H13N7O.ClH/c1-7-3-6-14-11-15-8(17-19(7)11)9-16-10(18-20-9)12(13)4-2-5-12;/h3,6H,2,4-5,13H2,1H3;1H. The van der Waals surface area contributed by atoms with Crippen molar-refractivity contribution in [1.29, 1.82) is 0 Å². The Morgan fingerprint density at radius 2 is 2.14 bits per heavy atom. The van der Waals surface area contributed by atoms with Crippen LogP contribution in [0.2, 0.25) is 0 Å². The molecule has 0 aromatic carbocycles. The summed E-state index contributed by atoms with van der Waals surface area (Å²) in [6.07, 6.45) is 4.54.